The molecule has 0 spiro atoms. The van der Waals surface area contributed by atoms with Crippen molar-refractivity contribution in [3.05, 3.63) is 64.7 Å². The first-order valence-electron chi connectivity index (χ1n) is 10.5. The van der Waals surface area contributed by atoms with Gasteiger partial charge in [0.15, 0.2) is 6.61 Å². The summed E-state index contributed by atoms with van der Waals surface area (Å²) < 4.78 is 5.47. The molecule has 7 heteroatoms. The maximum atomic E-state index is 12.9. The lowest BCUT2D eigenvalue weighted by Crippen LogP contribution is -2.56. The van der Waals surface area contributed by atoms with Crippen LogP contribution >= 0.6 is 11.6 Å². The number of carboxylic acids is 1. The van der Waals surface area contributed by atoms with Crippen LogP contribution in [0.2, 0.25) is 5.02 Å². The van der Waals surface area contributed by atoms with Gasteiger partial charge in [-0.1, -0.05) is 55.8 Å². The van der Waals surface area contributed by atoms with Crippen molar-refractivity contribution in [2.45, 2.75) is 32.9 Å². The number of ether oxygens (including phenoxy) is 1. The van der Waals surface area contributed by atoms with Gasteiger partial charge in [-0.25, -0.2) is 4.79 Å². The van der Waals surface area contributed by atoms with Gasteiger partial charge in [0.1, 0.15) is 5.75 Å². The first-order chi connectivity index (χ1) is 14.8. The summed E-state index contributed by atoms with van der Waals surface area (Å²) in [5.41, 5.74) is 1.87. The maximum absolute atomic E-state index is 12.9. The monoisotopic (exact) mass is 444 g/mol. The van der Waals surface area contributed by atoms with Crippen molar-refractivity contribution < 1.29 is 19.4 Å². The highest BCUT2D eigenvalue weighted by Gasteiger charge is 2.32. The highest BCUT2D eigenvalue weighted by molar-refractivity contribution is 6.30. The van der Waals surface area contributed by atoms with E-state index in [2.05, 4.69) is 18.7 Å². The number of carbonyl (C=O) groups excluding carboxylic acids is 1. The highest BCUT2D eigenvalue weighted by atomic mass is 35.5. The van der Waals surface area contributed by atoms with E-state index in [0.29, 0.717) is 42.7 Å². The summed E-state index contributed by atoms with van der Waals surface area (Å²) in [6, 6.07) is 15.2. The number of nitrogens with zero attached hydrogens (tertiary/aromatic N) is 2. The maximum Gasteiger partial charge on any atom is 0.341 e. The molecule has 0 aliphatic carbocycles. The third-order valence-corrected chi connectivity index (χ3v) is 5.84. The summed E-state index contributed by atoms with van der Waals surface area (Å²) in [5, 5.41) is 9.52. The summed E-state index contributed by atoms with van der Waals surface area (Å²) in [4.78, 5) is 28.1. The van der Waals surface area contributed by atoms with Crippen LogP contribution in [0.25, 0.3) is 0 Å². The lowest BCUT2D eigenvalue weighted by atomic mass is 9.98. The average molecular weight is 445 g/mol. The Bertz CT molecular complexity index is 904. The second-order valence-electron chi connectivity index (χ2n) is 8.22. The van der Waals surface area contributed by atoms with Crippen molar-refractivity contribution in [2.75, 3.05) is 26.2 Å². The number of carbonyl (C=O) groups is 2. The zero-order valence-electron chi connectivity index (χ0n) is 18.0. The molecule has 0 radical (unpaired) electrons. The minimum atomic E-state index is -1.02. The molecular formula is C24H29ClN2O4. The Hall–Kier alpha value is -2.57. The smallest absolute Gasteiger partial charge is 0.341 e. The summed E-state index contributed by atoms with van der Waals surface area (Å²) in [6.45, 7) is 6.54. The molecule has 1 heterocycles. The Morgan fingerprint density at radius 3 is 2.58 bits per heavy atom. The van der Waals surface area contributed by atoms with Crippen molar-refractivity contribution in [2.24, 2.45) is 5.92 Å². The van der Waals surface area contributed by atoms with Gasteiger partial charge in [0.25, 0.3) is 0 Å². The van der Waals surface area contributed by atoms with Gasteiger partial charge in [0.05, 0.1) is 6.42 Å². The van der Waals surface area contributed by atoms with Crippen LogP contribution in [0.4, 0.5) is 0 Å². The molecule has 1 aliphatic rings. The molecule has 1 amide bonds. The number of piperazine rings is 1. The lowest BCUT2D eigenvalue weighted by Gasteiger charge is -2.43. The Labute approximate surface area is 188 Å². The summed E-state index contributed by atoms with van der Waals surface area (Å²) in [6.07, 6.45) is 0.410. The predicted molar refractivity (Wildman–Crippen MR) is 120 cm³/mol. The average Bonchev–Trinajstić information content (AvgIpc) is 2.74. The third-order valence-electron chi connectivity index (χ3n) is 5.60. The first kappa shape index (κ1) is 23.1. The van der Waals surface area contributed by atoms with Gasteiger partial charge < -0.3 is 14.7 Å². The van der Waals surface area contributed by atoms with E-state index in [1.165, 1.54) is 0 Å². The number of amides is 1. The second-order valence-corrected chi connectivity index (χ2v) is 8.65. The summed E-state index contributed by atoms with van der Waals surface area (Å²) in [7, 11) is 0. The molecule has 3 rings (SSSR count). The quantitative estimate of drug-likeness (QED) is 0.672. The van der Waals surface area contributed by atoms with Gasteiger partial charge in [-0.3, -0.25) is 9.69 Å². The fourth-order valence-corrected chi connectivity index (χ4v) is 4.15. The second kappa shape index (κ2) is 10.6. The number of carboxylic acid groups (broad SMARTS) is 1. The topological polar surface area (TPSA) is 70.1 Å². The normalized spacial score (nSPS) is 17.0. The van der Waals surface area contributed by atoms with Gasteiger partial charge in [-0.05, 0) is 29.7 Å². The van der Waals surface area contributed by atoms with Crippen LogP contribution in [0, 0.1) is 5.92 Å². The minimum Gasteiger partial charge on any atom is -0.482 e. The molecular weight excluding hydrogens is 416 g/mol. The Morgan fingerprint density at radius 1 is 1.16 bits per heavy atom. The highest BCUT2D eigenvalue weighted by Crippen LogP contribution is 2.27. The van der Waals surface area contributed by atoms with Gasteiger partial charge >= 0.3 is 5.97 Å². The molecule has 1 fully saturated rings. The van der Waals surface area contributed by atoms with Gasteiger partial charge in [0, 0.05) is 42.8 Å². The van der Waals surface area contributed by atoms with Crippen LogP contribution in [0.15, 0.2) is 48.5 Å². The fourth-order valence-electron chi connectivity index (χ4n) is 3.96. The zero-order valence-corrected chi connectivity index (χ0v) is 18.7. The number of benzene rings is 2. The molecule has 0 bridgehead atoms. The molecule has 31 heavy (non-hydrogen) atoms. The Balaban J connectivity index is 1.70. The van der Waals surface area contributed by atoms with Crippen LogP contribution in [-0.2, 0) is 22.6 Å². The number of hydrogen-bond donors (Lipinski definition) is 1. The predicted octanol–water partition coefficient (Wildman–Crippen LogP) is 3.71. The summed E-state index contributed by atoms with van der Waals surface area (Å²) >= 11 is 6.19. The number of aliphatic carboxylic acids is 1. The van der Waals surface area contributed by atoms with Crippen LogP contribution in [0.3, 0.4) is 0 Å². The molecule has 2 aromatic carbocycles. The van der Waals surface area contributed by atoms with E-state index < -0.39 is 12.6 Å². The van der Waals surface area contributed by atoms with E-state index in [-0.39, 0.29) is 11.9 Å². The van der Waals surface area contributed by atoms with Crippen molar-refractivity contribution in [3.63, 3.8) is 0 Å². The molecule has 0 saturated carbocycles. The van der Waals surface area contributed by atoms with Crippen LogP contribution < -0.4 is 4.74 Å². The van der Waals surface area contributed by atoms with Crippen LogP contribution in [0.1, 0.15) is 25.0 Å². The Morgan fingerprint density at radius 2 is 1.90 bits per heavy atom. The van der Waals surface area contributed by atoms with E-state index in [1.54, 1.807) is 12.1 Å². The van der Waals surface area contributed by atoms with Crippen molar-refractivity contribution in [1.82, 2.24) is 9.80 Å². The molecule has 2 aromatic rings. The fraction of sp³-hybridized carbons (Fsp3) is 0.417. The molecule has 1 saturated heterocycles. The van der Waals surface area contributed by atoms with Crippen molar-refractivity contribution >= 4 is 23.5 Å². The van der Waals surface area contributed by atoms with Gasteiger partial charge in [-0.15, -0.1) is 0 Å². The van der Waals surface area contributed by atoms with Gasteiger partial charge in [-0.2, -0.15) is 0 Å². The van der Waals surface area contributed by atoms with Crippen LogP contribution in [0.5, 0.6) is 5.75 Å². The standard InChI is InChI=1S/C24H29ClN2O4/c1-17(2)21-15-27(23(28)12-18-6-4-3-5-7-18)11-10-26(21)14-19-13-20(25)8-9-22(19)31-16-24(29)30/h3-9,13,17,21H,10-12,14-16H2,1-2H3,(H,29,30)/t21-/m1/s1. The van der Waals surface area contributed by atoms with Crippen molar-refractivity contribution in [3.8, 4) is 5.75 Å². The van der Waals surface area contributed by atoms with E-state index in [1.807, 2.05) is 41.3 Å². The van der Waals surface area contributed by atoms with Crippen molar-refractivity contribution in [1.29, 1.82) is 0 Å². The van der Waals surface area contributed by atoms with Crippen LogP contribution in [-0.4, -0.2) is 59.1 Å². The molecule has 166 valence electrons. The van der Waals surface area contributed by atoms with E-state index in [9.17, 15) is 9.59 Å². The number of halogens is 1. The molecule has 0 aromatic heterocycles. The third kappa shape index (κ3) is 6.45. The molecule has 0 unspecified atom stereocenters. The lowest BCUT2D eigenvalue weighted by molar-refractivity contribution is -0.139. The van der Waals surface area contributed by atoms with E-state index in [0.717, 1.165) is 17.7 Å². The largest absolute Gasteiger partial charge is 0.482 e. The Kier molecular flexibility index (Phi) is 7.93. The molecule has 6 nitrogen and oxygen atoms in total. The zero-order chi connectivity index (χ0) is 22.4. The SMILES string of the molecule is CC(C)[C@H]1CN(C(=O)Cc2ccccc2)CCN1Cc1cc(Cl)ccc1OCC(=O)O. The summed E-state index contributed by atoms with van der Waals surface area (Å²) in [5.74, 6) is -0.0111. The minimum absolute atomic E-state index is 0.143. The molecule has 1 atom stereocenters. The molecule has 1 N–H and O–H groups in total. The molecule has 1 aliphatic heterocycles. The number of rotatable bonds is 8. The first-order valence-corrected chi connectivity index (χ1v) is 10.9. The van der Waals surface area contributed by atoms with Gasteiger partial charge in [0.2, 0.25) is 5.91 Å². The number of hydrogen-bond acceptors (Lipinski definition) is 4. The van der Waals surface area contributed by atoms with E-state index in [4.69, 9.17) is 21.4 Å². The van der Waals surface area contributed by atoms with E-state index >= 15 is 0 Å².